The number of hydrogen-bond acceptors (Lipinski definition) is 4. The van der Waals surface area contributed by atoms with E-state index in [1.807, 2.05) is 18.5 Å². The molecule has 1 amide bonds. The Kier molecular flexibility index (Phi) is 7.44. The zero-order valence-electron chi connectivity index (χ0n) is 18.6. The van der Waals surface area contributed by atoms with Gasteiger partial charge in [-0.2, -0.15) is 9.40 Å². The molecule has 0 saturated carbocycles. The SMILES string of the molecule is Cc1nn(CC(C)C)c(C)c1CCC(=O)Nc1ccc(Cl)c(S(=O)(=O)N2CCCC2)c1. The van der Waals surface area contributed by atoms with E-state index < -0.39 is 10.0 Å². The van der Waals surface area contributed by atoms with Gasteiger partial charge in [-0.25, -0.2) is 8.42 Å². The highest BCUT2D eigenvalue weighted by Crippen LogP contribution is 2.29. The van der Waals surface area contributed by atoms with Crippen molar-refractivity contribution in [2.24, 2.45) is 5.92 Å². The normalized spacial score (nSPS) is 15.0. The molecule has 3 rings (SSSR count). The number of amides is 1. The van der Waals surface area contributed by atoms with Crippen LogP contribution >= 0.6 is 11.6 Å². The lowest BCUT2D eigenvalue weighted by Crippen LogP contribution is -2.28. The van der Waals surface area contributed by atoms with Gasteiger partial charge in [-0.05, 0) is 62.8 Å². The van der Waals surface area contributed by atoms with Gasteiger partial charge in [0.2, 0.25) is 15.9 Å². The predicted octanol–water partition coefficient (Wildman–Crippen LogP) is 4.17. The fourth-order valence-electron chi connectivity index (χ4n) is 3.93. The third-order valence-electron chi connectivity index (χ3n) is 5.57. The molecule has 1 aliphatic heterocycles. The Morgan fingerprint density at radius 2 is 1.90 bits per heavy atom. The second-order valence-corrected chi connectivity index (χ2v) is 10.8. The van der Waals surface area contributed by atoms with Gasteiger partial charge >= 0.3 is 0 Å². The Hall–Kier alpha value is -1.90. The van der Waals surface area contributed by atoms with Crippen molar-refractivity contribution in [2.75, 3.05) is 18.4 Å². The van der Waals surface area contributed by atoms with Gasteiger partial charge < -0.3 is 5.32 Å². The maximum atomic E-state index is 12.9. The molecule has 1 saturated heterocycles. The van der Waals surface area contributed by atoms with Crippen LogP contribution in [0.3, 0.4) is 0 Å². The molecule has 0 atom stereocenters. The number of aromatic nitrogens is 2. The molecule has 0 aliphatic carbocycles. The van der Waals surface area contributed by atoms with Crippen molar-refractivity contribution in [3.05, 3.63) is 40.2 Å². The number of nitrogens with one attached hydrogen (secondary N) is 1. The van der Waals surface area contributed by atoms with Gasteiger partial charge in [-0.3, -0.25) is 9.48 Å². The molecule has 31 heavy (non-hydrogen) atoms. The number of nitrogens with zero attached hydrogens (tertiary/aromatic N) is 3. The largest absolute Gasteiger partial charge is 0.326 e. The van der Waals surface area contributed by atoms with Gasteiger partial charge in [0.15, 0.2) is 0 Å². The molecule has 0 radical (unpaired) electrons. The molecular formula is C22H31ClN4O3S. The van der Waals surface area contributed by atoms with Crippen LogP contribution < -0.4 is 5.32 Å². The van der Waals surface area contributed by atoms with E-state index in [4.69, 9.17) is 11.6 Å². The van der Waals surface area contributed by atoms with E-state index >= 15 is 0 Å². The maximum absolute atomic E-state index is 12.9. The number of carbonyl (C=O) groups excluding carboxylic acids is 1. The molecule has 2 aromatic rings. The van der Waals surface area contributed by atoms with E-state index in [0.717, 1.165) is 36.3 Å². The minimum Gasteiger partial charge on any atom is -0.326 e. The summed E-state index contributed by atoms with van der Waals surface area (Å²) in [6.45, 7) is 10.1. The maximum Gasteiger partial charge on any atom is 0.244 e. The molecule has 1 fully saturated rings. The van der Waals surface area contributed by atoms with Crippen LogP contribution in [0.15, 0.2) is 23.1 Å². The highest BCUT2D eigenvalue weighted by atomic mass is 35.5. The predicted molar refractivity (Wildman–Crippen MR) is 123 cm³/mol. The van der Waals surface area contributed by atoms with Gasteiger partial charge in [0.25, 0.3) is 0 Å². The van der Waals surface area contributed by atoms with E-state index in [1.165, 1.54) is 16.4 Å². The van der Waals surface area contributed by atoms with Crippen molar-refractivity contribution in [1.82, 2.24) is 14.1 Å². The van der Waals surface area contributed by atoms with E-state index in [-0.39, 0.29) is 22.2 Å². The summed E-state index contributed by atoms with van der Waals surface area (Å²) in [5, 5.41) is 7.57. The standard InChI is InChI=1S/C22H31ClN4O3S/c1-15(2)14-27-17(4)19(16(3)25-27)8-10-22(28)24-18-7-9-20(23)21(13-18)31(29,30)26-11-5-6-12-26/h7,9,13,15H,5-6,8,10-12,14H2,1-4H3,(H,24,28). The van der Waals surface area contributed by atoms with Crippen molar-refractivity contribution in [1.29, 1.82) is 0 Å². The third kappa shape index (κ3) is 5.48. The van der Waals surface area contributed by atoms with Crippen LogP contribution in [0.1, 0.15) is 50.1 Å². The summed E-state index contributed by atoms with van der Waals surface area (Å²) in [6, 6.07) is 4.59. The minimum atomic E-state index is -3.66. The minimum absolute atomic E-state index is 0.0375. The van der Waals surface area contributed by atoms with Gasteiger partial charge in [0.05, 0.1) is 10.7 Å². The van der Waals surface area contributed by atoms with Crippen molar-refractivity contribution in [3.63, 3.8) is 0 Å². The summed E-state index contributed by atoms with van der Waals surface area (Å²) in [6.07, 6.45) is 2.56. The smallest absolute Gasteiger partial charge is 0.244 e. The fourth-order valence-corrected chi connectivity index (χ4v) is 5.95. The van der Waals surface area contributed by atoms with Crippen molar-refractivity contribution >= 4 is 33.2 Å². The Morgan fingerprint density at radius 1 is 1.23 bits per heavy atom. The summed E-state index contributed by atoms with van der Waals surface area (Å²) < 4.78 is 29.2. The highest BCUT2D eigenvalue weighted by Gasteiger charge is 2.29. The average Bonchev–Trinajstić information content (AvgIpc) is 3.31. The van der Waals surface area contributed by atoms with Gasteiger partial charge in [-0.1, -0.05) is 25.4 Å². The van der Waals surface area contributed by atoms with Crippen LogP contribution in [-0.2, 0) is 27.8 Å². The summed E-state index contributed by atoms with van der Waals surface area (Å²) in [4.78, 5) is 12.6. The summed E-state index contributed by atoms with van der Waals surface area (Å²) >= 11 is 6.18. The molecule has 0 unspecified atom stereocenters. The van der Waals surface area contributed by atoms with Crippen LogP contribution in [0.25, 0.3) is 0 Å². The van der Waals surface area contributed by atoms with Crippen molar-refractivity contribution in [3.8, 4) is 0 Å². The fraction of sp³-hybridized carbons (Fsp3) is 0.545. The van der Waals surface area contributed by atoms with Crippen LogP contribution in [-0.4, -0.2) is 41.5 Å². The first-order valence-corrected chi connectivity index (χ1v) is 12.5. The second-order valence-electron chi connectivity index (χ2n) is 8.53. The quantitative estimate of drug-likeness (QED) is 0.632. The molecule has 1 N–H and O–H groups in total. The number of rotatable bonds is 8. The molecule has 170 valence electrons. The molecule has 1 aromatic carbocycles. The topological polar surface area (TPSA) is 84.3 Å². The first-order valence-electron chi connectivity index (χ1n) is 10.7. The zero-order valence-corrected chi connectivity index (χ0v) is 20.2. The number of carbonyl (C=O) groups is 1. The lowest BCUT2D eigenvalue weighted by atomic mass is 10.1. The number of sulfonamides is 1. The Balaban J connectivity index is 1.68. The number of anilines is 1. The molecular weight excluding hydrogens is 436 g/mol. The van der Waals surface area contributed by atoms with Gasteiger partial charge in [-0.15, -0.1) is 0 Å². The van der Waals surface area contributed by atoms with Crippen molar-refractivity contribution < 1.29 is 13.2 Å². The number of halogens is 1. The Labute approximate surface area is 189 Å². The highest BCUT2D eigenvalue weighted by molar-refractivity contribution is 7.89. The average molecular weight is 467 g/mol. The number of benzene rings is 1. The summed E-state index contributed by atoms with van der Waals surface area (Å²) in [5.41, 5.74) is 3.54. The second kappa shape index (κ2) is 9.71. The number of hydrogen-bond donors (Lipinski definition) is 1. The molecule has 1 aliphatic rings. The summed E-state index contributed by atoms with van der Waals surface area (Å²) in [5.74, 6) is 0.312. The first-order chi connectivity index (χ1) is 14.6. The van der Waals surface area contributed by atoms with Crippen LogP contribution in [0.2, 0.25) is 5.02 Å². The lowest BCUT2D eigenvalue weighted by molar-refractivity contribution is -0.116. The van der Waals surface area contributed by atoms with Gasteiger partial charge in [0, 0.05) is 37.4 Å². The molecule has 7 nitrogen and oxygen atoms in total. The van der Waals surface area contributed by atoms with E-state index in [2.05, 4.69) is 24.3 Å². The lowest BCUT2D eigenvalue weighted by Gasteiger charge is -2.17. The third-order valence-corrected chi connectivity index (χ3v) is 7.95. The van der Waals surface area contributed by atoms with Crippen LogP contribution in [0.4, 0.5) is 5.69 Å². The molecule has 0 bridgehead atoms. The summed E-state index contributed by atoms with van der Waals surface area (Å²) in [7, 11) is -3.66. The Bertz CT molecular complexity index is 1060. The zero-order chi connectivity index (χ0) is 22.8. The molecule has 9 heteroatoms. The monoisotopic (exact) mass is 466 g/mol. The number of aryl methyl sites for hydroxylation is 1. The van der Waals surface area contributed by atoms with E-state index in [9.17, 15) is 13.2 Å². The molecule has 2 heterocycles. The first kappa shape index (κ1) is 23.8. The molecule has 0 spiro atoms. The van der Waals surface area contributed by atoms with Gasteiger partial charge in [0.1, 0.15) is 4.90 Å². The van der Waals surface area contributed by atoms with E-state index in [1.54, 1.807) is 6.07 Å². The van der Waals surface area contributed by atoms with E-state index in [0.29, 0.717) is 31.1 Å². The van der Waals surface area contributed by atoms with Crippen LogP contribution in [0.5, 0.6) is 0 Å². The Morgan fingerprint density at radius 3 is 2.55 bits per heavy atom. The van der Waals surface area contributed by atoms with Crippen molar-refractivity contribution in [2.45, 2.75) is 64.8 Å². The molecule has 1 aromatic heterocycles. The van der Waals surface area contributed by atoms with Crippen LogP contribution in [0, 0.1) is 19.8 Å².